The van der Waals surface area contributed by atoms with Gasteiger partial charge in [0.25, 0.3) is 0 Å². The topological polar surface area (TPSA) is 66.9 Å². The molecule has 1 amide bonds. The summed E-state index contributed by atoms with van der Waals surface area (Å²) in [4.78, 5) is 11.8. The van der Waals surface area contributed by atoms with Crippen LogP contribution in [0.2, 0.25) is 0 Å². The Labute approximate surface area is 136 Å². The Morgan fingerprint density at radius 2 is 2.05 bits per heavy atom. The minimum absolute atomic E-state index is 0.0936. The summed E-state index contributed by atoms with van der Waals surface area (Å²) >= 11 is 2.66. The second-order valence-corrected chi connectivity index (χ2v) is 7.76. The highest BCUT2D eigenvalue weighted by atomic mass is 32.2. The first-order chi connectivity index (χ1) is 10.3. The zero-order chi connectivity index (χ0) is 16.2. The lowest BCUT2D eigenvalue weighted by Crippen LogP contribution is -2.25. The lowest BCUT2D eigenvalue weighted by atomic mass is 10.1. The fourth-order valence-corrected chi connectivity index (χ4v) is 3.28. The Hall–Kier alpha value is -1.67. The second-order valence-electron chi connectivity index (χ2n) is 5.56. The quantitative estimate of drug-likeness (QED) is 0.814. The SMILES string of the molecule is CC(C)(C)Nc1nnc(SCC(=O)Nc2ccccc2F)s1. The van der Waals surface area contributed by atoms with Gasteiger partial charge in [0.2, 0.25) is 11.0 Å². The Balaban J connectivity index is 1.85. The molecule has 0 aliphatic rings. The highest BCUT2D eigenvalue weighted by molar-refractivity contribution is 8.01. The molecule has 118 valence electrons. The zero-order valence-corrected chi connectivity index (χ0v) is 14.1. The monoisotopic (exact) mass is 340 g/mol. The molecule has 0 unspecified atom stereocenters. The first kappa shape index (κ1) is 16.7. The predicted octanol–water partition coefficient (Wildman–Crippen LogP) is 3.62. The molecule has 2 rings (SSSR count). The molecule has 2 aromatic rings. The number of nitrogens with zero attached hydrogens (tertiary/aromatic N) is 2. The van der Waals surface area contributed by atoms with Gasteiger partial charge in [-0.2, -0.15) is 0 Å². The molecule has 0 saturated heterocycles. The average Bonchev–Trinajstić information content (AvgIpc) is 2.84. The molecule has 0 bridgehead atoms. The maximum absolute atomic E-state index is 13.4. The van der Waals surface area contributed by atoms with Crippen LogP contribution < -0.4 is 10.6 Å². The summed E-state index contributed by atoms with van der Waals surface area (Å²) in [5.41, 5.74) is 0.0874. The number of para-hydroxylation sites is 1. The first-order valence-corrected chi connectivity index (χ1v) is 8.42. The number of rotatable bonds is 5. The van der Waals surface area contributed by atoms with E-state index in [2.05, 4.69) is 20.8 Å². The van der Waals surface area contributed by atoms with E-state index >= 15 is 0 Å². The number of nitrogens with one attached hydrogen (secondary N) is 2. The smallest absolute Gasteiger partial charge is 0.234 e. The number of hydrogen-bond acceptors (Lipinski definition) is 6. The van der Waals surface area contributed by atoms with Gasteiger partial charge in [0.05, 0.1) is 11.4 Å². The van der Waals surface area contributed by atoms with Crippen LogP contribution >= 0.6 is 23.1 Å². The van der Waals surface area contributed by atoms with E-state index in [1.165, 1.54) is 35.2 Å². The van der Waals surface area contributed by atoms with Gasteiger partial charge >= 0.3 is 0 Å². The number of aromatic nitrogens is 2. The van der Waals surface area contributed by atoms with Crippen molar-refractivity contribution < 1.29 is 9.18 Å². The van der Waals surface area contributed by atoms with Crippen molar-refractivity contribution in [3.8, 4) is 0 Å². The Morgan fingerprint density at radius 1 is 1.32 bits per heavy atom. The van der Waals surface area contributed by atoms with Gasteiger partial charge in [-0.05, 0) is 32.9 Å². The fourth-order valence-electron chi connectivity index (χ4n) is 1.52. The molecule has 8 heteroatoms. The van der Waals surface area contributed by atoms with E-state index in [9.17, 15) is 9.18 Å². The van der Waals surface area contributed by atoms with E-state index in [4.69, 9.17) is 0 Å². The van der Waals surface area contributed by atoms with Crippen LogP contribution in [0.3, 0.4) is 0 Å². The van der Waals surface area contributed by atoms with Crippen molar-refractivity contribution >= 4 is 39.8 Å². The summed E-state index contributed by atoms with van der Waals surface area (Å²) in [6, 6.07) is 6.07. The third-order valence-corrected chi connectivity index (χ3v) is 4.34. The zero-order valence-electron chi connectivity index (χ0n) is 12.5. The molecule has 22 heavy (non-hydrogen) atoms. The van der Waals surface area contributed by atoms with Gasteiger partial charge in [0, 0.05) is 5.54 Å². The molecule has 0 saturated carbocycles. The number of carbonyl (C=O) groups excluding carboxylic acids is 1. The van der Waals surface area contributed by atoms with Gasteiger partial charge in [0.15, 0.2) is 4.34 Å². The molecule has 2 N–H and O–H groups in total. The molecule has 1 aromatic carbocycles. The largest absolute Gasteiger partial charge is 0.355 e. The molecular formula is C14H17FN4OS2. The molecule has 1 aromatic heterocycles. The van der Waals surface area contributed by atoms with Crippen molar-refractivity contribution in [3.05, 3.63) is 30.1 Å². The van der Waals surface area contributed by atoms with Gasteiger partial charge in [-0.25, -0.2) is 4.39 Å². The number of halogens is 1. The van der Waals surface area contributed by atoms with E-state index in [0.29, 0.717) is 9.47 Å². The van der Waals surface area contributed by atoms with Gasteiger partial charge in [-0.1, -0.05) is 35.2 Å². The van der Waals surface area contributed by atoms with E-state index < -0.39 is 5.82 Å². The van der Waals surface area contributed by atoms with Crippen molar-refractivity contribution in [2.75, 3.05) is 16.4 Å². The Kier molecular flexibility index (Phi) is 5.36. The van der Waals surface area contributed by atoms with Gasteiger partial charge in [-0.3, -0.25) is 4.79 Å². The Morgan fingerprint density at radius 3 is 2.73 bits per heavy atom. The number of thioether (sulfide) groups is 1. The summed E-state index contributed by atoms with van der Waals surface area (Å²) < 4.78 is 14.1. The van der Waals surface area contributed by atoms with Gasteiger partial charge in [0.1, 0.15) is 5.82 Å². The minimum Gasteiger partial charge on any atom is -0.355 e. The molecule has 0 atom stereocenters. The van der Waals surface area contributed by atoms with Crippen molar-refractivity contribution in [3.63, 3.8) is 0 Å². The van der Waals surface area contributed by atoms with Crippen LogP contribution in [0.4, 0.5) is 15.2 Å². The number of amides is 1. The second kappa shape index (κ2) is 7.06. The lowest BCUT2D eigenvalue weighted by Gasteiger charge is -2.18. The highest BCUT2D eigenvalue weighted by Gasteiger charge is 2.14. The third kappa shape index (κ3) is 5.27. The maximum Gasteiger partial charge on any atom is 0.234 e. The summed E-state index contributed by atoms with van der Waals surface area (Å²) in [6.07, 6.45) is 0. The number of benzene rings is 1. The average molecular weight is 340 g/mol. The molecule has 0 aliphatic heterocycles. The first-order valence-electron chi connectivity index (χ1n) is 6.62. The van der Waals surface area contributed by atoms with Crippen LogP contribution in [0.25, 0.3) is 0 Å². The van der Waals surface area contributed by atoms with Crippen LogP contribution in [-0.4, -0.2) is 27.4 Å². The van der Waals surface area contributed by atoms with Crippen molar-refractivity contribution in [2.45, 2.75) is 30.6 Å². The minimum atomic E-state index is -0.451. The van der Waals surface area contributed by atoms with Crippen molar-refractivity contribution in [1.82, 2.24) is 10.2 Å². The van der Waals surface area contributed by atoms with Crippen LogP contribution in [0.5, 0.6) is 0 Å². The summed E-state index contributed by atoms with van der Waals surface area (Å²) in [5.74, 6) is -0.581. The van der Waals surface area contributed by atoms with Crippen LogP contribution in [-0.2, 0) is 4.79 Å². The number of hydrogen-bond donors (Lipinski definition) is 2. The Bertz CT molecular complexity index is 654. The van der Waals surface area contributed by atoms with Gasteiger partial charge in [-0.15, -0.1) is 10.2 Å². The normalized spacial score (nSPS) is 11.3. The fraction of sp³-hybridized carbons (Fsp3) is 0.357. The van der Waals surface area contributed by atoms with E-state index in [0.717, 1.165) is 0 Å². The molecule has 5 nitrogen and oxygen atoms in total. The molecular weight excluding hydrogens is 323 g/mol. The summed E-state index contributed by atoms with van der Waals surface area (Å²) in [7, 11) is 0. The lowest BCUT2D eigenvalue weighted by molar-refractivity contribution is -0.113. The highest BCUT2D eigenvalue weighted by Crippen LogP contribution is 2.27. The van der Waals surface area contributed by atoms with Crippen LogP contribution in [0.1, 0.15) is 20.8 Å². The molecule has 0 spiro atoms. The summed E-state index contributed by atoms with van der Waals surface area (Å²) in [5, 5.41) is 14.5. The van der Waals surface area contributed by atoms with Crippen LogP contribution in [0, 0.1) is 5.82 Å². The molecule has 1 heterocycles. The maximum atomic E-state index is 13.4. The predicted molar refractivity (Wildman–Crippen MR) is 89.0 cm³/mol. The third-order valence-electron chi connectivity index (χ3n) is 2.36. The number of anilines is 2. The van der Waals surface area contributed by atoms with Crippen molar-refractivity contribution in [1.29, 1.82) is 0 Å². The molecule has 0 fully saturated rings. The summed E-state index contributed by atoms with van der Waals surface area (Å²) in [6.45, 7) is 6.09. The van der Waals surface area contributed by atoms with Crippen molar-refractivity contribution in [2.24, 2.45) is 0 Å². The number of carbonyl (C=O) groups is 1. The van der Waals surface area contributed by atoms with E-state index in [-0.39, 0.29) is 22.9 Å². The van der Waals surface area contributed by atoms with Gasteiger partial charge < -0.3 is 10.6 Å². The molecule has 0 radical (unpaired) electrons. The standard InChI is InChI=1S/C14H17FN4OS2/c1-14(2,3)17-12-18-19-13(22-12)21-8-11(20)16-10-7-5-4-6-9(10)15/h4-7H,8H2,1-3H3,(H,16,20)(H,17,18). The molecule has 0 aliphatic carbocycles. The van der Waals surface area contributed by atoms with E-state index in [1.807, 2.05) is 20.8 Å². The van der Waals surface area contributed by atoms with Crippen LogP contribution in [0.15, 0.2) is 28.6 Å². The van der Waals surface area contributed by atoms with E-state index in [1.54, 1.807) is 12.1 Å².